The highest BCUT2D eigenvalue weighted by molar-refractivity contribution is 6.53. The Balaban J connectivity index is 1.75. The number of rotatable bonds is 3. The monoisotopic (exact) mass is 278 g/mol. The number of likely N-dealkylation sites (tertiary alicyclic amines) is 1. The lowest BCUT2D eigenvalue weighted by Gasteiger charge is -2.26. The van der Waals surface area contributed by atoms with Crippen LogP contribution in [0.2, 0.25) is 11.6 Å². The summed E-state index contributed by atoms with van der Waals surface area (Å²) in [7, 11) is 2.12. The van der Waals surface area contributed by atoms with Gasteiger partial charge in [0.1, 0.15) is 12.8 Å². The lowest BCUT2D eigenvalue weighted by molar-refractivity contribution is -0.144. The summed E-state index contributed by atoms with van der Waals surface area (Å²) in [5, 5.41) is 12.6. The van der Waals surface area contributed by atoms with Gasteiger partial charge in [0.15, 0.2) is 0 Å². The van der Waals surface area contributed by atoms with Gasteiger partial charge in [0, 0.05) is 19.0 Å². The molecule has 3 heterocycles. The smallest absolute Gasteiger partial charge is 0.325 e. The van der Waals surface area contributed by atoms with Crippen LogP contribution in [0.5, 0.6) is 0 Å². The van der Waals surface area contributed by atoms with Gasteiger partial charge < -0.3 is 21.1 Å². The van der Waals surface area contributed by atoms with Crippen LogP contribution in [-0.2, 0) is 9.59 Å². The van der Waals surface area contributed by atoms with E-state index in [1.54, 1.807) is 4.90 Å². The zero-order chi connectivity index (χ0) is 14.5. The predicted octanol–water partition coefficient (Wildman–Crippen LogP) is -0.706. The molecule has 0 spiro atoms. The number of aliphatic carboxylic acids is 1. The largest absolute Gasteiger partial charge is 0.480 e. The molecule has 3 aliphatic heterocycles. The van der Waals surface area contributed by atoms with Gasteiger partial charge in [0.25, 0.3) is 0 Å². The summed E-state index contributed by atoms with van der Waals surface area (Å²) in [5.74, 6) is -0.521. The minimum Gasteiger partial charge on any atom is -0.480 e. The van der Waals surface area contributed by atoms with Crippen molar-refractivity contribution in [1.29, 1.82) is 0 Å². The molecule has 0 aromatic heterocycles. The highest BCUT2D eigenvalue weighted by Crippen LogP contribution is 2.52. The van der Waals surface area contributed by atoms with Crippen LogP contribution >= 0.6 is 0 Å². The molecule has 0 saturated carbocycles. The second kappa shape index (κ2) is 4.74. The van der Waals surface area contributed by atoms with Gasteiger partial charge >= 0.3 is 5.97 Å². The molecule has 2 unspecified atom stereocenters. The normalized spacial score (nSPS) is 43.4. The van der Waals surface area contributed by atoms with Crippen LogP contribution in [0.15, 0.2) is 0 Å². The molecular weight excluding hydrogens is 257 g/mol. The fourth-order valence-corrected chi connectivity index (χ4v) is 3.66. The Morgan fingerprint density at radius 3 is 2.70 bits per heavy atom. The minimum atomic E-state index is -1.31. The number of nitrogens with one attached hydrogen (secondary N) is 1. The molecule has 5 atom stereocenters. The first kappa shape index (κ1) is 13.9. The Labute approximate surface area is 119 Å². The number of carbonyl (C=O) groups is 2. The number of amides is 1. The highest BCUT2D eigenvalue weighted by atomic mass is 16.4. The van der Waals surface area contributed by atoms with E-state index in [1.807, 2.05) is 0 Å². The number of carbonyl (C=O) groups excluding carboxylic acids is 1. The van der Waals surface area contributed by atoms with Crippen LogP contribution in [0.3, 0.4) is 0 Å². The van der Waals surface area contributed by atoms with Crippen molar-refractivity contribution in [1.82, 2.24) is 10.2 Å². The van der Waals surface area contributed by atoms with E-state index in [0.717, 1.165) is 19.4 Å². The number of nitrogens with zero attached hydrogens (tertiary/aromatic N) is 1. The number of nitrogens with two attached hydrogens (primary N) is 1. The third kappa shape index (κ3) is 2.13. The Bertz CT molecular complexity index is 441. The molecule has 1 amide bonds. The maximum Gasteiger partial charge on any atom is 0.325 e. The second-order valence-corrected chi connectivity index (χ2v) is 6.45. The van der Waals surface area contributed by atoms with Crippen LogP contribution < -0.4 is 11.1 Å². The van der Waals surface area contributed by atoms with Crippen LogP contribution in [0, 0.1) is 5.92 Å². The molecule has 3 saturated heterocycles. The average molecular weight is 278 g/mol. The van der Waals surface area contributed by atoms with Gasteiger partial charge in [0.2, 0.25) is 5.91 Å². The van der Waals surface area contributed by atoms with Crippen molar-refractivity contribution in [2.45, 2.75) is 43.0 Å². The Morgan fingerprint density at radius 1 is 1.50 bits per heavy atom. The van der Waals surface area contributed by atoms with E-state index < -0.39 is 11.5 Å². The summed E-state index contributed by atoms with van der Waals surface area (Å²) in [6.45, 7) is 3.51. The molecular formula is C13H21BN3O3. The third-order valence-electron chi connectivity index (χ3n) is 5.06. The second-order valence-electron chi connectivity index (χ2n) is 6.45. The maximum atomic E-state index is 12.4. The van der Waals surface area contributed by atoms with Gasteiger partial charge in [-0.1, -0.05) is 18.6 Å². The van der Waals surface area contributed by atoms with E-state index >= 15 is 0 Å². The first-order valence-electron chi connectivity index (χ1n) is 7.33. The van der Waals surface area contributed by atoms with Crippen molar-refractivity contribution in [2.24, 2.45) is 11.7 Å². The molecule has 6 nitrogen and oxygen atoms in total. The fourth-order valence-electron chi connectivity index (χ4n) is 3.66. The van der Waals surface area contributed by atoms with Gasteiger partial charge in [-0.15, -0.1) is 0 Å². The number of carboxylic acids is 1. The molecule has 1 radical (unpaired) electrons. The van der Waals surface area contributed by atoms with Crippen molar-refractivity contribution >= 4 is 19.2 Å². The quantitative estimate of drug-likeness (QED) is 0.593. The number of hydrogen-bond acceptors (Lipinski definition) is 4. The molecule has 0 aliphatic carbocycles. The topological polar surface area (TPSA) is 95.7 Å². The van der Waals surface area contributed by atoms with Crippen molar-refractivity contribution in [3.05, 3.63) is 0 Å². The van der Waals surface area contributed by atoms with Crippen LogP contribution in [0.4, 0.5) is 0 Å². The summed E-state index contributed by atoms with van der Waals surface area (Å²) < 4.78 is 0. The maximum absolute atomic E-state index is 12.4. The van der Waals surface area contributed by atoms with Crippen molar-refractivity contribution < 1.29 is 14.7 Å². The zero-order valence-electron chi connectivity index (χ0n) is 11.7. The zero-order valence-corrected chi connectivity index (χ0v) is 11.7. The summed E-state index contributed by atoms with van der Waals surface area (Å²) in [4.78, 5) is 25.7. The standard InChI is InChI=1S/C13H21BN3O3/c1-7-10(14-7)8-5-17(6-13(8,15)12(19)20)11(18)9-3-2-4-16-9/h7-10,16H,2-6,15H2,1H3,(H,19,20)/t7?,8-,9+,10?,13+/m1/s1. The predicted molar refractivity (Wildman–Crippen MR) is 74.6 cm³/mol. The molecule has 7 heteroatoms. The molecule has 20 heavy (non-hydrogen) atoms. The Kier molecular flexibility index (Phi) is 3.29. The fraction of sp³-hybridized carbons (Fsp3) is 0.846. The van der Waals surface area contributed by atoms with Crippen LogP contribution in [0.25, 0.3) is 0 Å². The third-order valence-corrected chi connectivity index (χ3v) is 5.06. The molecule has 3 fully saturated rings. The molecule has 0 aromatic rings. The van der Waals surface area contributed by atoms with Crippen molar-refractivity contribution in [2.75, 3.05) is 19.6 Å². The lowest BCUT2D eigenvalue weighted by Crippen LogP contribution is -2.55. The SMILES string of the molecule is CC1[B]C1[C@H]1CN(C(=O)[C@@H]2CCCN2)C[C@@]1(N)C(=O)O. The van der Waals surface area contributed by atoms with Crippen molar-refractivity contribution in [3.63, 3.8) is 0 Å². The highest BCUT2D eigenvalue weighted by Gasteiger charge is 2.58. The van der Waals surface area contributed by atoms with Gasteiger partial charge in [-0.25, -0.2) is 0 Å². The van der Waals surface area contributed by atoms with Crippen LogP contribution in [0.1, 0.15) is 19.8 Å². The average Bonchev–Trinajstić information content (AvgIpc) is 2.87. The van der Waals surface area contributed by atoms with E-state index in [4.69, 9.17) is 5.73 Å². The molecule has 0 bridgehead atoms. The minimum absolute atomic E-state index is 0.00868. The number of carboxylic acid groups (broad SMARTS) is 1. The Morgan fingerprint density at radius 2 is 2.20 bits per heavy atom. The van der Waals surface area contributed by atoms with Gasteiger partial charge in [-0.2, -0.15) is 0 Å². The van der Waals surface area contributed by atoms with E-state index in [1.165, 1.54) is 0 Å². The van der Waals surface area contributed by atoms with Gasteiger partial charge in [-0.05, 0) is 19.4 Å². The molecule has 3 rings (SSSR count). The Hall–Kier alpha value is -1.08. The van der Waals surface area contributed by atoms with E-state index in [0.29, 0.717) is 12.4 Å². The first-order chi connectivity index (χ1) is 9.43. The lowest BCUT2D eigenvalue weighted by atomic mass is 9.79. The van der Waals surface area contributed by atoms with E-state index in [2.05, 4.69) is 19.5 Å². The first-order valence-corrected chi connectivity index (χ1v) is 7.33. The van der Waals surface area contributed by atoms with Gasteiger partial charge in [0.05, 0.1) is 6.04 Å². The molecule has 3 aliphatic rings. The van der Waals surface area contributed by atoms with E-state index in [-0.39, 0.29) is 30.2 Å². The van der Waals surface area contributed by atoms with E-state index in [9.17, 15) is 14.7 Å². The van der Waals surface area contributed by atoms with Gasteiger partial charge in [-0.3, -0.25) is 9.59 Å². The molecule has 0 aromatic carbocycles. The van der Waals surface area contributed by atoms with Crippen molar-refractivity contribution in [3.8, 4) is 0 Å². The van der Waals surface area contributed by atoms with Crippen LogP contribution in [-0.4, -0.2) is 60.4 Å². The summed E-state index contributed by atoms with van der Waals surface area (Å²) in [6.07, 6.45) is 1.82. The summed E-state index contributed by atoms with van der Waals surface area (Å²) in [6, 6.07) is -0.160. The number of hydrogen-bond donors (Lipinski definition) is 3. The summed E-state index contributed by atoms with van der Waals surface area (Å²) >= 11 is 0. The summed E-state index contributed by atoms with van der Waals surface area (Å²) in [5.41, 5.74) is 4.84. The molecule has 109 valence electrons. The molecule has 4 N–H and O–H groups in total.